The molecule has 22 heavy (non-hydrogen) atoms. The van der Waals surface area contributed by atoms with Gasteiger partial charge in [0.15, 0.2) is 0 Å². The van der Waals surface area contributed by atoms with Gasteiger partial charge in [-0.3, -0.25) is 0 Å². The van der Waals surface area contributed by atoms with E-state index in [1.165, 1.54) is 39.0 Å². The van der Waals surface area contributed by atoms with Crippen molar-refractivity contribution >= 4 is 24.2 Å². The molecule has 0 saturated carbocycles. The summed E-state index contributed by atoms with van der Waals surface area (Å²) in [5, 5.41) is 1.23. The molecule has 1 aromatic heterocycles. The first-order valence-electron chi connectivity index (χ1n) is 7.44. The van der Waals surface area contributed by atoms with Crippen molar-refractivity contribution in [2.45, 2.75) is 0 Å². The van der Waals surface area contributed by atoms with Crippen molar-refractivity contribution in [1.29, 1.82) is 0 Å². The molecule has 0 N–H and O–H groups in total. The number of hydrogen-bond acceptors (Lipinski definition) is 0. The number of hydrogen-bond donors (Lipinski definition) is 0. The minimum absolute atomic E-state index is 0.810. The molecule has 0 unspecified atom stereocenters. The lowest BCUT2D eigenvalue weighted by Gasteiger charge is -2.23. The van der Waals surface area contributed by atoms with E-state index in [2.05, 4.69) is 65.2 Å². The van der Waals surface area contributed by atoms with Gasteiger partial charge >= 0.3 is 0 Å². The summed E-state index contributed by atoms with van der Waals surface area (Å²) in [5.74, 6) is 0. The highest BCUT2D eigenvalue weighted by atomic mass is 15.0. The van der Waals surface area contributed by atoms with Crippen molar-refractivity contribution in [1.82, 2.24) is 4.57 Å². The first-order valence-corrected chi connectivity index (χ1v) is 7.44. The van der Waals surface area contributed by atoms with Crippen LogP contribution in [0.25, 0.3) is 39.0 Å². The van der Waals surface area contributed by atoms with Gasteiger partial charge < -0.3 is 4.57 Å². The molecule has 5 rings (SSSR count). The van der Waals surface area contributed by atoms with Gasteiger partial charge in [-0.15, -0.1) is 0 Å². The summed E-state index contributed by atoms with van der Waals surface area (Å²) in [4.78, 5) is 0. The maximum absolute atomic E-state index is 6.03. The number of para-hydroxylation sites is 1. The van der Waals surface area contributed by atoms with Crippen molar-refractivity contribution < 1.29 is 0 Å². The molecular formula is C20H12BN. The fraction of sp³-hybridized carbons (Fsp3) is 0. The van der Waals surface area contributed by atoms with Gasteiger partial charge in [0.25, 0.3) is 0 Å². The molecule has 0 aliphatic heterocycles. The van der Waals surface area contributed by atoms with Crippen molar-refractivity contribution in [3.8, 4) is 28.1 Å². The average Bonchev–Trinajstić information content (AvgIpc) is 2.83. The predicted octanol–water partition coefficient (Wildman–Crippen LogP) is 4.07. The van der Waals surface area contributed by atoms with E-state index in [0.29, 0.717) is 0 Å². The van der Waals surface area contributed by atoms with Crippen LogP contribution in [0, 0.1) is 0 Å². The highest BCUT2D eigenvalue weighted by molar-refractivity contribution is 6.34. The number of nitrogens with zero attached hydrogens (tertiary/aromatic N) is 1. The van der Waals surface area contributed by atoms with E-state index >= 15 is 0 Å². The summed E-state index contributed by atoms with van der Waals surface area (Å²) < 4.78 is 2.34. The van der Waals surface area contributed by atoms with Crippen LogP contribution in [-0.2, 0) is 0 Å². The molecule has 0 bridgehead atoms. The van der Waals surface area contributed by atoms with Crippen LogP contribution in [0.4, 0.5) is 0 Å². The topological polar surface area (TPSA) is 4.93 Å². The molecule has 3 aromatic carbocycles. The first-order chi connectivity index (χ1) is 10.8. The van der Waals surface area contributed by atoms with Crippen LogP contribution >= 0.6 is 0 Å². The predicted molar refractivity (Wildman–Crippen MR) is 93.1 cm³/mol. The normalized spacial score (nSPS) is 11.8. The van der Waals surface area contributed by atoms with Gasteiger partial charge in [0.05, 0.1) is 11.2 Å². The molecule has 1 aliphatic carbocycles. The lowest BCUT2D eigenvalue weighted by Crippen LogP contribution is -2.03. The lowest BCUT2D eigenvalue weighted by atomic mass is 9.83. The molecule has 4 aromatic rings. The third-order valence-corrected chi connectivity index (χ3v) is 4.46. The van der Waals surface area contributed by atoms with E-state index < -0.39 is 0 Å². The van der Waals surface area contributed by atoms with Crippen molar-refractivity contribution in [2.24, 2.45) is 0 Å². The summed E-state index contributed by atoms with van der Waals surface area (Å²) in [7, 11) is 6.03. The molecule has 0 amide bonds. The minimum atomic E-state index is 0.810. The standard InChI is InChI=1S/C20H12BN/c21-13-10-11-18-17(12-13)19-15-8-4-5-9-16(15)20(19)22(18)14-6-2-1-3-7-14/h1-12H. The van der Waals surface area contributed by atoms with Gasteiger partial charge in [0, 0.05) is 22.2 Å². The van der Waals surface area contributed by atoms with Gasteiger partial charge in [0.2, 0.25) is 0 Å². The monoisotopic (exact) mass is 277 g/mol. The van der Waals surface area contributed by atoms with Gasteiger partial charge in [-0.1, -0.05) is 60.1 Å². The van der Waals surface area contributed by atoms with E-state index in [1.54, 1.807) is 0 Å². The van der Waals surface area contributed by atoms with Gasteiger partial charge in [-0.05, 0) is 23.8 Å². The quantitative estimate of drug-likeness (QED) is 0.407. The van der Waals surface area contributed by atoms with E-state index in [-0.39, 0.29) is 0 Å². The zero-order valence-electron chi connectivity index (χ0n) is 12.0. The van der Waals surface area contributed by atoms with Crippen LogP contribution in [-0.4, -0.2) is 12.4 Å². The largest absolute Gasteiger partial charge is 0.309 e. The molecule has 0 fully saturated rings. The summed E-state index contributed by atoms with van der Waals surface area (Å²) in [6.07, 6.45) is 0. The van der Waals surface area contributed by atoms with E-state index in [4.69, 9.17) is 7.85 Å². The summed E-state index contributed by atoms with van der Waals surface area (Å²) in [6.45, 7) is 0. The van der Waals surface area contributed by atoms with Crippen molar-refractivity contribution in [3.63, 3.8) is 0 Å². The third-order valence-electron chi connectivity index (χ3n) is 4.46. The van der Waals surface area contributed by atoms with Crippen LogP contribution in [0.3, 0.4) is 0 Å². The van der Waals surface area contributed by atoms with Gasteiger partial charge in [-0.2, -0.15) is 0 Å². The van der Waals surface area contributed by atoms with Crippen molar-refractivity contribution in [2.75, 3.05) is 0 Å². The Morgan fingerprint density at radius 2 is 1.45 bits per heavy atom. The number of fused-ring (bicyclic) bond motifs is 6. The smallest absolute Gasteiger partial charge is 0.113 e. The van der Waals surface area contributed by atoms with E-state index in [1.807, 2.05) is 12.1 Å². The Labute approximate surface area is 130 Å². The Balaban J connectivity index is 1.94. The molecule has 0 spiro atoms. The second-order valence-corrected chi connectivity index (χ2v) is 5.72. The van der Waals surface area contributed by atoms with Gasteiger partial charge in [0.1, 0.15) is 7.85 Å². The second kappa shape index (κ2) is 4.14. The minimum Gasteiger partial charge on any atom is -0.309 e. The van der Waals surface area contributed by atoms with E-state index in [0.717, 1.165) is 5.46 Å². The zero-order chi connectivity index (χ0) is 14.7. The molecule has 0 saturated heterocycles. The highest BCUT2D eigenvalue weighted by Gasteiger charge is 2.30. The number of rotatable bonds is 1. The molecule has 1 nitrogen and oxygen atoms in total. The Hall–Kier alpha value is -2.74. The van der Waals surface area contributed by atoms with Crippen LogP contribution in [0.15, 0.2) is 72.8 Å². The summed E-state index contributed by atoms with van der Waals surface area (Å²) in [5.41, 5.74) is 8.46. The highest BCUT2D eigenvalue weighted by Crippen LogP contribution is 2.53. The SMILES string of the molecule is [B]c1ccc2c(c1)c1c(n2-c2ccccc2)-c2ccccc2-1. The van der Waals surface area contributed by atoms with Crippen LogP contribution in [0.5, 0.6) is 0 Å². The van der Waals surface area contributed by atoms with E-state index in [9.17, 15) is 0 Å². The maximum atomic E-state index is 6.03. The maximum Gasteiger partial charge on any atom is 0.113 e. The Kier molecular flexibility index (Phi) is 2.23. The molecule has 1 heterocycles. The Morgan fingerprint density at radius 3 is 2.27 bits per heavy atom. The fourth-order valence-electron chi connectivity index (χ4n) is 3.53. The van der Waals surface area contributed by atoms with Crippen LogP contribution in [0.1, 0.15) is 0 Å². The third kappa shape index (κ3) is 1.39. The fourth-order valence-corrected chi connectivity index (χ4v) is 3.53. The van der Waals surface area contributed by atoms with Crippen LogP contribution in [0.2, 0.25) is 0 Å². The Bertz CT molecular complexity index is 1030. The molecule has 2 radical (unpaired) electrons. The average molecular weight is 277 g/mol. The molecule has 100 valence electrons. The summed E-state index contributed by atoms with van der Waals surface area (Å²) in [6, 6.07) is 25.3. The molecule has 1 aliphatic rings. The Morgan fingerprint density at radius 1 is 0.727 bits per heavy atom. The lowest BCUT2D eigenvalue weighted by molar-refractivity contribution is 1.13. The summed E-state index contributed by atoms with van der Waals surface area (Å²) >= 11 is 0. The number of aromatic nitrogens is 1. The second-order valence-electron chi connectivity index (χ2n) is 5.72. The van der Waals surface area contributed by atoms with Crippen LogP contribution < -0.4 is 5.46 Å². The first kappa shape index (κ1) is 11.9. The zero-order valence-corrected chi connectivity index (χ0v) is 12.0. The molecule has 2 heteroatoms. The van der Waals surface area contributed by atoms with Gasteiger partial charge in [-0.25, -0.2) is 0 Å². The molecule has 0 atom stereocenters. The van der Waals surface area contributed by atoms with Crippen molar-refractivity contribution in [3.05, 3.63) is 72.8 Å². The molecular weight excluding hydrogens is 265 g/mol. The number of benzene rings is 3.